The van der Waals surface area contributed by atoms with Crippen molar-refractivity contribution >= 4 is 21.9 Å². The van der Waals surface area contributed by atoms with E-state index in [1.165, 1.54) is 0 Å². The number of benzene rings is 8. The molecule has 0 saturated heterocycles. The minimum atomic E-state index is 0.489. The SMILES string of the molecule is N#Cc1ccc2c(c1)oc1cc(-c3cc(-c4nc(-c5ccccc5)nc(-c5ccccc5)n4)cc(-c4nc(-c5ccccc5)nc(-c5ccc(-c6ccccc6)cc5)n4)c3)ccc12. The highest BCUT2D eigenvalue weighted by atomic mass is 16.3. The van der Waals surface area contributed by atoms with Gasteiger partial charge in [0.25, 0.3) is 0 Å². The first-order chi connectivity index (χ1) is 31.1. The zero-order valence-corrected chi connectivity index (χ0v) is 33.6. The summed E-state index contributed by atoms with van der Waals surface area (Å²) in [7, 11) is 0. The summed E-state index contributed by atoms with van der Waals surface area (Å²) in [6.07, 6.45) is 0. The van der Waals surface area contributed by atoms with Gasteiger partial charge < -0.3 is 4.42 Å². The molecule has 0 fully saturated rings. The van der Waals surface area contributed by atoms with E-state index in [2.05, 4.69) is 66.7 Å². The Morgan fingerprint density at radius 2 is 0.619 bits per heavy atom. The Morgan fingerprint density at radius 3 is 1.08 bits per heavy atom. The summed E-state index contributed by atoms with van der Waals surface area (Å²) in [5, 5.41) is 11.5. The second-order valence-corrected chi connectivity index (χ2v) is 15.1. The lowest BCUT2D eigenvalue weighted by Crippen LogP contribution is -2.02. The van der Waals surface area contributed by atoms with Crippen molar-refractivity contribution in [3.8, 4) is 96.7 Å². The molecular weight excluding hydrogens is 775 g/mol. The smallest absolute Gasteiger partial charge is 0.164 e. The molecule has 63 heavy (non-hydrogen) atoms. The predicted molar refractivity (Wildman–Crippen MR) is 249 cm³/mol. The Morgan fingerprint density at radius 1 is 0.286 bits per heavy atom. The first kappa shape index (κ1) is 37.1. The highest BCUT2D eigenvalue weighted by Crippen LogP contribution is 2.37. The van der Waals surface area contributed by atoms with E-state index in [0.717, 1.165) is 66.4 Å². The summed E-state index contributed by atoms with van der Waals surface area (Å²) in [6.45, 7) is 0. The van der Waals surface area contributed by atoms with Crippen LogP contribution in [0, 0.1) is 11.3 Å². The van der Waals surface area contributed by atoms with Crippen LogP contribution >= 0.6 is 0 Å². The lowest BCUT2D eigenvalue weighted by Gasteiger charge is -2.13. The molecule has 3 aromatic heterocycles. The largest absolute Gasteiger partial charge is 0.456 e. The maximum absolute atomic E-state index is 9.57. The standard InChI is InChI=1S/C55H33N7O/c56-34-35-21-27-46-47-28-26-42(33-49(47)63-48(46)29-35)43-30-44(54-59-50(38-15-7-2-8-16-38)57-51(60-54)39-17-9-3-10-18-39)32-45(31-43)55-61-52(40-19-11-4-12-20-40)58-53(62-55)41-24-22-37(23-25-41)36-13-5-1-6-14-36/h1-33H. The lowest BCUT2D eigenvalue weighted by molar-refractivity contribution is 0.669. The van der Waals surface area contributed by atoms with Gasteiger partial charge in [0.15, 0.2) is 34.9 Å². The van der Waals surface area contributed by atoms with Crippen LogP contribution in [0.2, 0.25) is 0 Å². The molecular formula is C55H33N7O. The summed E-state index contributed by atoms with van der Waals surface area (Å²) in [5.74, 6) is 3.19. The van der Waals surface area contributed by atoms with E-state index in [-0.39, 0.29) is 0 Å². The van der Waals surface area contributed by atoms with Crippen LogP contribution in [-0.2, 0) is 0 Å². The second-order valence-electron chi connectivity index (χ2n) is 15.1. The van der Waals surface area contributed by atoms with Crippen LogP contribution in [0.15, 0.2) is 205 Å². The van der Waals surface area contributed by atoms with E-state index in [1.807, 2.05) is 133 Å². The molecule has 0 unspecified atom stereocenters. The van der Waals surface area contributed by atoms with Crippen molar-refractivity contribution in [3.63, 3.8) is 0 Å². The first-order valence-electron chi connectivity index (χ1n) is 20.5. The molecule has 294 valence electrons. The highest BCUT2D eigenvalue weighted by molar-refractivity contribution is 6.06. The van der Waals surface area contributed by atoms with Crippen LogP contribution in [0.4, 0.5) is 0 Å². The lowest BCUT2D eigenvalue weighted by atomic mass is 9.97. The fourth-order valence-corrected chi connectivity index (χ4v) is 7.81. The van der Waals surface area contributed by atoms with Gasteiger partial charge in [-0.2, -0.15) is 5.26 Å². The van der Waals surface area contributed by atoms with Crippen molar-refractivity contribution in [3.05, 3.63) is 206 Å². The quantitative estimate of drug-likeness (QED) is 0.149. The number of nitriles is 1. The van der Waals surface area contributed by atoms with E-state index in [1.54, 1.807) is 6.07 Å². The molecule has 0 aliphatic carbocycles. The third-order valence-corrected chi connectivity index (χ3v) is 11.0. The maximum atomic E-state index is 9.57. The van der Waals surface area contributed by atoms with Crippen LogP contribution in [-0.4, -0.2) is 29.9 Å². The van der Waals surface area contributed by atoms with E-state index in [4.69, 9.17) is 34.3 Å². The van der Waals surface area contributed by atoms with E-state index < -0.39 is 0 Å². The maximum Gasteiger partial charge on any atom is 0.164 e. The number of aromatic nitrogens is 6. The highest BCUT2D eigenvalue weighted by Gasteiger charge is 2.19. The van der Waals surface area contributed by atoms with Crippen LogP contribution in [0.25, 0.3) is 113 Å². The van der Waals surface area contributed by atoms with Crippen molar-refractivity contribution < 1.29 is 4.42 Å². The third kappa shape index (κ3) is 7.37. The molecule has 8 nitrogen and oxygen atoms in total. The molecule has 0 N–H and O–H groups in total. The van der Waals surface area contributed by atoms with Gasteiger partial charge >= 0.3 is 0 Å². The summed E-state index contributed by atoms with van der Waals surface area (Å²) in [6, 6.07) is 68.6. The average Bonchev–Trinajstić information content (AvgIpc) is 3.74. The van der Waals surface area contributed by atoms with Crippen molar-refractivity contribution in [1.29, 1.82) is 5.26 Å². The molecule has 8 aromatic carbocycles. The Balaban J connectivity index is 1.12. The van der Waals surface area contributed by atoms with Crippen molar-refractivity contribution in [1.82, 2.24) is 29.9 Å². The molecule has 11 rings (SSSR count). The average molecular weight is 808 g/mol. The van der Waals surface area contributed by atoms with Gasteiger partial charge in [0.1, 0.15) is 11.2 Å². The molecule has 0 radical (unpaired) electrons. The monoisotopic (exact) mass is 807 g/mol. The van der Waals surface area contributed by atoms with Gasteiger partial charge in [0, 0.05) is 44.2 Å². The Labute approximate surface area is 362 Å². The topological polar surface area (TPSA) is 114 Å². The third-order valence-electron chi connectivity index (χ3n) is 11.0. The second kappa shape index (κ2) is 15.9. The first-order valence-corrected chi connectivity index (χ1v) is 20.5. The normalized spacial score (nSPS) is 11.2. The van der Waals surface area contributed by atoms with Gasteiger partial charge in [-0.3, -0.25) is 0 Å². The molecule has 0 bridgehead atoms. The molecule has 8 heteroatoms. The number of furan rings is 1. The van der Waals surface area contributed by atoms with Crippen molar-refractivity contribution in [2.75, 3.05) is 0 Å². The Bertz CT molecular complexity index is 3440. The summed E-state index contributed by atoms with van der Waals surface area (Å²) in [4.78, 5) is 30.5. The van der Waals surface area contributed by atoms with Crippen LogP contribution in [0.1, 0.15) is 5.56 Å². The number of fused-ring (bicyclic) bond motifs is 3. The number of rotatable bonds is 8. The molecule has 0 spiro atoms. The zero-order chi connectivity index (χ0) is 42.1. The minimum absolute atomic E-state index is 0.489. The van der Waals surface area contributed by atoms with Gasteiger partial charge in [-0.15, -0.1) is 0 Å². The Hall–Kier alpha value is -8.93. The number of hydrogen-bond donors (Lipinski definition) is 0. The summed E-state index contributed by atoms with van der Waals surface area (Å²) >= 11 is 0. The van der Waals surface area contributed by atoms with Crippen molar-refractivity contribution in [2.45, 2.75) is 0 Å². The molecule has 0 atom stereocenters. The molecule has 11 aromatic rings. The molecule has 3 heterocycles. The van der Waals surface area contributed by atoms with Gasteiger partial charge in [0.2, 0.25) is 0 Å². The number of nitrogens with zero attached hydrogens (tertiary/aromatic N) is 7. The fraction of sp³-hybridized carbons (Fsp3) is 0. The molecule has 0 aliphatic rings. The summed E-state index contributed by atoms with van der Waals surface area (Å²) < 4.78 is 6.37. The van der Waals surface area contributed by atoms with Crippen LogP contribution < -0.4 is 0 Å². The molecule has 0 saturated carbocycles. The fourth-order valence-electron chi connectivity index (χ4n) is 7.81. The van der Waals surface area contributed by atoms with E-state index in [0.29, 0.717) is 51.7 Å². The van der Waals surface area contributed by atoms with E-state index in [9.17, 15) is 5.26 Å². The van der Waals surface area contributed by atoms with Gasteiger partial charge in [0.05, 0.1) is 11.6 Å². The van der Waals surface area contributed by atoms with Gasteiger partial charge in [-0.25, -0.2) is 29.9 Å². The molecule has 0 amide bonds. The Kier molecular flexibility index (Phi) is 9.37. The van der Waals surface area contributed by atoms with E-state index >= 15 is 0 Å². The zero-order valence-electron chi connectivity index (χ0n) is 33.6. The van der Waals surface area contributed by atoms with Crippen LogP contribution in [0.3, 0.4) is 0 Å². The predicted octanol–water partition coefficient (Wildman–Crippen LogP) is 13.2. The summed E-state index contributed by atoms with van der Waals surface area (Å²) in [5.41, 5.74) is 10.9. The van der Waals surface area contributed by atoms with Gasteiger partial charge in [-0.05, 0) is 70.8 Å². The van der Waals surface area contributed by atoms with Crippen molar-refractivity contribution in [2.24, 2.45) is 0 Å². The van der Waals surface area contributed by atoms with Crippen LogP contribution in [0.5, 0.6) is 0 Å². The number of hydrogen-bond acceptors (Lipinski definition) is 8. The minimum Gasteiger partial charge on any atom is -0.456 e. The van der Waals surface area contributed by atoms with Gasteiger partial charge in [-0.1, -0.05) is 152 Å². The molecule has 0 aliphatic heterocycles.